The van der Waals surface area contributed by atoms with Gasteiger partial charge in [0.15, 0.2) is 0 Å². The number of benzene rings is 3. The Bertz CT molecular complexity index is 791. The normalized spacial score (nSPS) is 11.0. The molecule has 0 aliphatic carbocycles. The van der Waals surface area contributed by atoms with Gasteiger partial charge < -0.3 is 0 Å². The maximum atomic E-state index is 14.7. The van der Waals surface area contributed by atoms with E-state index < -0.39 is 0 Å². The van der Waals surface area contributed by atoms with Gasteiger partial charge in [-0.3, -0.25) is 0 Å². The van der Waals surface area contributed by atoms with Crippen LogP contribution in [0.4, 0.5) is 8.78 Å². The molecule has 0 amide bonds. The van der Waals surface area contributed by atoms with E-state index in [-0.39, 0.29) is 11.6 Å². The average molecular weight is 282 g/mol. The van der Waals surface area contributed by atoms with Gasteiger partial charge in [-0.2, -0.15) is 0 Å². The molecule has 3 rings (SSSR count). The third-order valence-corrected chi connectivity index (χ3v) is 3.69. The van der Waals surface area contributed by atoms with E-state index in [0.29, 0.717) is 16.5 Å². The summed E-state index contributed by atoms with van der Waals surface area (Å²) in [4.78, 5) is 0. The number of hydrogen-bond donors (Lipinski definition) is 0. The first kappa shape index (κ1) is 13.7. The van der Waals surface area contributed by atoms with Crippen LogP contribution in [0.5, 0.6) is 0 Å². The van der Waals surface area contributed by atoms with Gasteiger partial charge in [0, 0.05) is 10.9 Å². The summed E-state index contributed by atoms with van der Waals surface area (Å²) in [6, 6.07) is 15.5. The van der Waals surface area contributed by atoms with Crippen molar-refractivity contribution in [3.63, 3.8) is 0 Å². The topological polar surface area (TPSA) is 0 Å². The largest absolute Gasteiger partial charge is 0.207 e. The number of fused-ring (bicyclic) bond motifs is 1. The average Bonchev–Trinajstić information content (AvgIpc) is 2.48. The Morgan fingerprint density at radius 3 is 2.52 bits per heavy atom. The summed E-state index contributed by atoms with van der Waals surface area (Å²) >= 11 is 0. The summed E-state index contributed by atoms with van der Waals surface area (Å²) in [5.74, 6) is -0.647. The molecule has 0 N–H and O–H groups in total. The van der Waals surface area contributed by atoms with Crippen LogP contribution in [-0.4, -0.2) is 0 Å². The van der Waals surface area contributed by atoms with Crippen LogP contribution in [-0.2, 0) is 6.42 Å². The summed E-state index contributed by atoms with van der Waals surface area (Å²) in [6.45, 7) is 2.12. The smallest absolute Gasteiger partial charge is 0.138 e. The molecule has 0 saturated carbocycles. The van der Waals surface area contributed by atoms with Crippen LogP contribution in [0.3, 0.4) is 0 Å². The van der Waals surface area contributed by atoms with Crippen molar-refractivity contribution in [2.45, 2.75) is 19.8 Å². The zero-order valence-electron chi connectivity index (χ0n) is 11.9. The minimum Gasteiger partial charge on any atom is -0.207 e. The van der Waals surface area contributed by atoms with E-state index in [1.54, 1.807) is 18.2 Å². The van der Waals surface area contributed by atoms with E-state index in [0.717, 1.165) is 18.2 Å². The van der Waals surface area contributed by atoms with Crippen LogP contribution < -0.4 is 0 Å². The van der Waals surface area contributed by atoms with E-state index in [9.17, 15) is 8.78 Å². The predicted octanol–water partition coefficient (Wildman–Crippen LogP) is 5.74. The SMILES string of the molecule is CCCc1ccc2c(F)c(-c3cccc(F)c3)ccc2c1. The fraction of sp³-hybridized carbons (Fsp3) is 0.158. The molecule has 3 aromatic rings. The maximum absolute atomic E-state index is 14.7. The van der Waals surface area contributed by atoms with Crippen molar-refractivity contribution in [1.82, 2.24) is 0 Å². The maximum Gasteiger partial charge on any atom is 0.138 e. The van der Waals surface area contributed by atoms with Crippen LogP contribution in [0.15, 0.2) is 54.6 Å². The van der Waals surface area contributed by atoms with Gasteiger partial charge in [0.05, 0.1) is 0 Å². The third kappa shape index (κ3) is 2.66. The minimum atomic E-state index is -0.356. The first-order chi connectivity index (χ1) is 10.2. The second kappa shape index (κ2) is 5.65. The fourth-order valence-corrected chi connectivity index (χ4v) is 2.66. The zero-order valence-corrected chi connectivity index (χ0v) is 11.9. The molecule has 0 unspecified atom stereocenters. The van der Waals surface area contributed by atoms with Gasteiger partial charge in [-0.25, -0.2) is 8.78 Å². The zero-order chi connectivity index (χ0) is 14.8. The monoisotopic (exact) mass is 282 g/mol. The molecule has 0 spiro atoms. The van der Waals surface area contributed by atoms with Gasteiger partial charge in [0.1, 0.15) is 11.6 Å². The van der Waals surface area contributed by atoms with Crippen molar-refractivity contribution in [2.24, 2.45) is 0 Å². The van der Waals surface area contributed by atoms with Gasteiger partial charge in [-0.15, -0.1) is 0 Å². The first-order valence-corrected chi connectivity index (χ1v) is 7.16. The molecule has 0 nitrogen and oxygen atoms in total. The Labute approximate surface area is 123 Å². The highest BCUT2D eigenvalue weighted by atomic mass is 19.1. The third-order valence-electron chi connectivity index (χ3n) is 3.69. The van der Waals surface area contributed by atoms with Crippen molar-refractivity contribution in [3.8, 4) is 11.1 Å². The molecular formula is C19H16F2. The molecule has 106 valence electrons. The highest BCUT2D eigenvalue weighted by Gasteiger charge is 2.10. The lowest BCUT2D eigenvalue weighted by Gasteiger charge is -2.08. The Hall–Kier alpha value is -2.22. The lowest BCUT2D eigenvalue weighted by atomic mass is 9.98. The summed E-state index contributed by atoms with van der Waals surface area (Å²) < 4.78 is 28.0. The molecular weight excluding hydrogens is 266 g/mol. The quantitative estimate of drug-likeness (QED) is 0.575. The fourth-order valence-electron chi connectivity index (χ4n) is 2.66. The molecule has 3 aromatic carbocycles. The molecule has 0 fully saturated rings. The van der Waals surface area contributed by atoms with Crippen LogP contribution in [0.1, 0.15) is 18.9 Å². The molecule has 0 aromatic heterocycles. The summed E-state index contributed by atoms with van der Waals surface area (Å²) in [5, 5.41) is 1.47. The molecule has 0 aliphatic heterocycles. The van der Waals surface area contributed by atoms with Gasteiger partial charge >= 0.3 is 0 Å². The van der Waals surface area contributed by atoms with Crippen molar-refractivity contribution in [2.75, 3.05) is 0 Å². The molecule has 0 atom stereocenters. The van der Waals surface area contributed by atoms with Gasteiger partial charge in [0.25, 0.3) is 0 Å². The predicted molar refractivity (Wildman–Crippen MR) is 83.3 cm³/mol. The molecule has 0 radical (unpaired) electrons. The second-order valence-corrected chi connectivity index (χ2v) is 5.24. The Morgan fingerprint density at radius 2 is 1.76 bits per heavy atom. The van der Waals surface area contributed by atoms with Crippen LogP contribution >= 0.6 is 0 Å². The second-order valence-electron chi connectivity index (χ2n) is 5.24. The molecule has 2 heteroatoms. The van der Waals surface area contributed by atoms with Gasteiger partial charge in [-0.05, 0) is 35.1 Å². The molecule has 21 heavy (non-hydrogen) atoms. The minimum absolute atomic E-state index is 0.291. The van der Waals surface area contributed by atoms with Crippen molar-refractivity contribution >= 4 is 10.8 Å². The van der Waals surface area contributed by atoms with Crippen LogP contribution in [0.25, 0.3) is 21.9 Å². The van der Waals surface area contributed by atoms with E-state index in [1.807, 2.05) is 24.3 Å². The standard InChI is InChI=1S/C19H16F2/c1-2-4-13-7-9-17-15(11-13)8-10-18(19(17)21)14-5-3-6-16(20)12-14/h3,5-12H,2,4H2,1H3. The number of aryl methyl sites for hydroxylation is 1. The highest BCUT2D eigenvalue weighted by Crippen LogP contribution is 2.30. The van der Waals surface area contributed by atoms with Crippen molar-refractivity contribution in [1.29, 1.82) is 0 Å². The van der Waals surface area contributed by atoms with E-state index in [1.165, 1.54) is 17.7 Å². The first-order valence-electron chi connectivity index (χ1n) is 7.16. The van der Waals surface area contributed by atoms with Crippen molar-refractivity contribution < 1.29 is 8.78 Å². The summed E-state index contributed by atoms with van der Waals surface area (Å²) in [6.07, 6.45) is 2.05. The lowest BCUT2D eigenvalue weighted by molar-refractivity contribution is 0.627. The molecule has 0 saturated heterocycles. The number of halogens is 2. The van der Waals surface area contributed by atoms with Crippen LogP contribution in [0.2, 0.25) is 0 Å². The Balaban J connectivity index is 2.14. The molecule has 0 aliphatic rings. The Kier molecular flexibility index (Phi) is 3.70. The van der Waals surface area contributed by atoms with E-state index >= 15 is 0 Å². The van der Waals surface area contributed by atoms with Gasteiger partial charge in [0.2, 0.25) is 0 Å². The molecule has 0 heterocycles. The van der Waals surface area contributed by atoms with Crippen LogP contribution in [0, 0.1) is 11.6 Å². The van der Waals surface area contributed by atoms with E-state index in [4.69, 9.17) is 0 Å². The highest BCUT2D eigenvalue weighted by molar-refractivity contribution is 5.88. The van der Waals surface area contributed by atoms with Gasteiger partial charge in [-0.1, -0.05) is 55.8 Å². The summed E-state index contributed by atoms with van der Waals surface area (Å²) in [7, 11) is 0. The lowest BCUT2D eigenvalue weighted by Crippen LogP contribution is -1.90. The number of hydrogen-bond acceptors (Lipinski definition) is 0. The molecule has 0 bridgehead atoms. The summed E-state index contributed by atoms with van der Waals surface area (Å²) in [5.41, 5.74) is 2.21. The Morgan fingerprint density at radius 1 is 0.905 bits per heavy atom. The number of rotatable bonds is 3. The van der Waals surface area contributed by atoms with Crippen molar-refractivity contribution in [3.05, 3.63) is 71.8 Å². The van der Waals surface area contributed by atoms with E-state index in [2.05, 4.69) is 6.92 Å².